The third-order valence-electron chi connectivity index (χ3n) is 7.44. The van der Waals surface area contributed by atoms with Gasteiger partial charge in [-0.2, -0.15) is 8.78 Å². The molecule has 2 atom stereocenters. The number of nitrogens with zero attached hydrogens (tertiary/aromatic N) is 4. The lowest BCUT2D eigenvalue weighted by Crippen LogP contribution is -2.44. The highest BCUT2D eigenvalue weighted by atomic mass is 32.1. The van der Waals surface area contributed by atoms with Crippen molar-refractivity contribution in [3.05, 3.63) is 75.8 Å². The second-order valence-electron chi connectivity index (χ2n) is 10.3. The fourth-order valence-electron chi connectivity index (χ4n) is 5.25. The van der Waals surface area contributed by atoms with Crippen molar-refractivity contribution in [2.24, 2.45) is 0 Å². The van der Waals surface area contributed by atoms with Crippen LogP contribution in [-0.4, -0.2) is 61.0 Å². The number of halogens is 2. The molecule has 1 fully saturated rings. The number of amides is 1. The average Bonchev–Trinajstić information content (AvgIpc) is 3.67. The molecule has 1 amide bonds. The Kier molecular flexibility index (Phi) is 8.92. The van der Waals surface area contributed by atoms with Gasteiger partial charge >= 0.3 is 5.92 Å². The van der Waals surface area contributed by atoms with Crippen molar-refractivity contribution in [3.63, 3.8) is 0 Å². The number of thiazole rings is 1. The standard InChI is InChI=1S/C30H33F2N5O5S/c1-18(19-9-6-5-7-10-19)33-25(38)22-11-8-14-36(22)29-34-24-26(43-29)35-28(30(31,32)17-40-2)37(27(24)39)16-20-12-13-21(41-3)15-23(20)42-4/h5-7,9-10,12-13,15,18,22H,8,11,14,16-17H2,1-4H3,(H,33,38)/t18?,22-/m1/s1. The van der Waals surface area contributed by atoms with Crippen molar-refractivity contribution in [2.75, 3.05) is 39.4 Å². The van der Waals surface area contributed by atoms with E-state index in [9.17, 15) is 9.59 Å². The maximum absolute atomic E-state index is 15.4. The number of anilines is 1. The van der Waals surface area contributed by atoms with Crippen molar-refractivity contribution in [2.45, 2.75) is 44.3 Å². The molecule has 2 aromatic heterocycles. The first-order valence-corrected chi connectivity index (χ1v) is 14.6. The van der Waals surface area contributed by atoms with Gasteiger partial charge in [-0.3, -0.25) is 14.2 Å². The molecule has 10 nitrogen and oxygen atoms in total. The maximum Gasteiger partial charge on any atom is 0.327 e. The number of nitrogens with one attached hydrogen (secondary N) is 1. The van der Waals surface area contributed by atoms with Gasteiger partial charge in [0.15, 0.2) is 21.3 Å². The maximum atomic E-state index is 15.4. The van der Waals surface area contributed by atoms with Crippen LogP contribution in [0.4, 0.5) is 13.9 Å². The number of ether oxygens (including phenoxy) is 3. The normalized spacial score (nSPS) is 16.0. The molecule has 1 aliphatic rings. The number of benzene rings is 2. The summed E-state index contributed by atoms with van der Waals surface area (Å²) >= 11 is 1.02. The van der Waals surface area contributed by atoms with E-state index in [1.807, 2.05) is 42.2 Å². The summed E-state index contributed by atoms with van der Waals surface area (Å²) < 4.78 is 47.1. The number of methoxy groups -OCH3 is 3. The average molecular weight is 614 g/mol. The van der Waals surface area contributed by atoms with Gasteiger partial charge in [-0.1, -0.05) is 41.7 Å². The van der Waals surface area contributed by atoms with E-state index in [1.54, 1.807) is 18.2 Å². The van der Waals surface area contributed by atoms with Gasteiger partial charge in [0.05, 0.1) is 26.8 Å². The van der Waals surface area contributed by atoms with Crippen molar-refractivity contribution < 1.29 is 27.8 Å². The third kappa shape index (κ3) is 6.18. The monoisotopic (exact) mass is 613 g/mol. The summed E-state index contributed by atoms with van der Waals surface area (Å²) in [4.78, 5) is 37.8. The first-order chi connectivity index (χ1) is 20.7. The van der Waals surface area contributed by atoms with Crippen molar-refractivity contribution in [3.8, 4) is 11.5 Å². The zero-order valence-electron chi connectivity index (χ0n) is 24.3. The van der Waals surface area contributed by atoms with Crippen LogP contribution >= 0.6 is 11.3 Å². The van der Waals surface area contributed by atoms with Crippen LogP contribution in [0.25, 0.3) is 10.3 Å². The Morgan fingerprint density at radius 3 is 2.60 bits per heavy atom. The molecule has 0 bridgehead atoms. The molecule has 0 radical (unpaired) electrons. The Morgan fingerprint density at radius 1 is 1.14 bits per heavy atom. The fourth-order valence-corrected chi connectivity index (χ4v) is 6.25. The third-order valence-corrected chi connectivity index (χ3v) is 8.43. The summed E-state index contributed by atoms with van der Waals surface area (Å²) in [6.07, 6.45) is 1.33. The number of hydrogen-bond donors (Lipinski definition) is 1. The molecular formula is C30H33F2N5O5S. The Balaban J connectivity index is 1.52. The van der Waals surface area contributed by atoms with Crippen LogP contribution in [0, 0.1) is 0 Å². The molecule has 5 rings (SSSR count). The SMILES string of the molecule is COCC(F)(F)c1nc2sc(N3CCC[C@@H]3C(=O)NC(C)c3ccccc3)nc2c(=O)n1Cc1ccc(OC)cc1OC. The van der Waals surface area contributed by atoms with Crippen LogP contribution < -0.4 is 25.2 Å². The predicted molar refractivity (Wildman–Crippen MR) is 159 cm³/mol. The van der Waals surface area contributed by atoms with E-state index in [1.165, 1.54) is 14.2 Å². The van der Waals surface area contributed by atoms with Crippen LogP contribution in [0.5, 0.6) is 11.5 Å². The number of carbonyl (C=O) groups is 1. The minimum Gasteiger partial charge on any atom is -0.497 e. The first-order valence-electron chi connectivity index (χ1n) is 13.8. The number of hydrogen-bond acceptors (Lipinski definition) is 9. The first kappa shape index (κ1) is 30.4. The number of rotatable bonds is 11. The lowest BCUT2D eigenvalue weighted by atomic mass is 10.1. The zero-order valence-corrected chi connectivity index (χ0v) is 25.1. The number of fused-ring (bicyclic) bond motifs is 1. The highest BCUT2D eigenvalue weighted by molar-refractivity contribution is 7.21. The molecule has 43 heavy (non-hydrogen) atoms. The summed E-state index contributed by atoms with van der Waals surface area (Å²) in [7, 11) is 4.10. The predicted octanol–water partition coefficient (Wildman–Crippen LogP) is 4.50. The van der Waals surface area contributed by atoms with E-state index in [4.69, 9.17) is 14.2 Å². The summed E-state index contributed by atoms with van der Waals surface area (Å²) in [6, 6.07) is 13.8. The van der Waals surface area contributed by atoms with E-state index in [2.05, 4.69) is 15.3 Å². The number of aromatic nitrogens is 3. The zero-order chi connectivity index (χ0) is 30.7. The molecule has 1 saturated heterocycles. The molecule has 2 aromatic carbocycles. The van der Waals surface area contributed by atoms with Crippen LogP contribution in [0.3, 0.4) is 0 Å². The van der Waals surface area contributed by atoms with Gasteiger partial charge in [0, 0.05) is 25.3 Å². The topological polar surface area (TPSA) is 108 Å². The molecule has 13 heteroatoms. The van der Waals surface area contributed by atoms with Gasteiger partial charge in [-0.05, 0) is 37.5 Å². The lowest BCUT2D eigenvalue weighted by molar-refractivity contribution is -0.122. The molecule has 0 spiro atoms. The van der Waals surface area contributed by atoms with Gasteiger partial charge in [0.1, 0.15) is 24.1 Å². The van der Waals surface area contributed by atoms with Gasteiger partial charge < -0.3 is 24.4 Å². The van der Waals surface area contributed by atoms with Crippen LogP contribution in [-0.2, 0) is 22.0 Å². The molecule has 1 N–H and O–H groups in total. The second-order valence-corrected chi connectivity index (χ2v) is 11.2. The van der Waals surface area contributed by atoms with E-state index in [0.717, 1.165) is 35.0 Å². The van der Waals surface area contributed by atoms with Gasteiger partial charge in [-0.25, -0.2) is 9.97 Å². The van der Waals surface area contributed by atoms with E-state index in [-0.39, 0.29) is 28.8 Å². The molecule has 3 heterocycles. The summed E-state index contributed by atoms with van der Waals surface area (Å²) in [5.41, 5.74) is 0.672. The van der Waals surface area contributed by atoms with Gasteiger partial charge in [0.25, 0.3) is 5.56 Å². The Labute approximate surface area is 251 Å². The molecule has 1 unspecified atom stereocenters. The summed E-state index contributed by atoms with van der Waals surface area (Å²) in [5.74, 6) is -3.61. The summed E-state index contributed by atoms with van der Waals surface area (Å²) in [5, 5.41) is 3.44. The summed E-state index contributed by atoms with van der Waals surface area (Å²) in [6.45, 7) is 1.23. The minimum absolute atomic E-state index is 0.0480. The van der Waals surface area contributed by atoms with Crippen molar-refractivity contribution >= 4 is 32.7 Å². The Hall–Kier alpha value is -4.10. The number of alkyl halides is 2. The number of carbonyl (C=O) groups excluding carboxylic acids is 1. The van der Waals surface area contributed by atoms with Crippen molar-refractivity contribution in [1.29, 1.82) is 0 Å². The molecule has 228 valence electrons. The van der Waals surface area contributed by atoms with Gasteiger partial charge in [0.2, 0.25) is 5.91 Å². The van der Waals surface area contributed by atoms with Crippen molar-refractivity contribution in [1.82, 2.24) is 19.9 Å². The van der Waals surface area contributed by atoms with Crippen LogP contribution in [0.1, 0.15) is 42.8 Å². The highest BCUT2D eigenvalue weighted by Crippen LogP contribution is 2.35. The van der Waals surface area contributed by atoms with E-state index < -0.39 is 30.0 Å². The molecular weight excluding hydrogens is 580 g/mol. The minimum atomic E-state index is -3.57. The highest BCUT2D eigenvalue weighted by Gasteiger charge is 2.39. The second kappa shape index (κ2) is 12.6. The van der Waals surface area contributed by atoms with Crippen LogP contribution in [0.2, 0.25) is 0 Å². The lowest BCUT2D eigenvalue weighted by Gasteiger charge is -2.25. The Bertz CT molecular complexity index is 1660. The molecule has 1 aliphatic heterocycles. The molecule has 4 aromatic rings. The molecule has 0 aliphatic carbocycles. The Morgan fingerprint density at radius 2 is 1.91 bits per heavy atom. The smallest absolute Gasteiger partial charge is 0.327 e. The quantitative estimate of drug-likeness (QED) is 0.264. The van der Waals surface area contributed by atoms with E-state index >= 15 is 8.78 Å². The fraction of sp³-hybridized carbons (Fsp3) is 0.400. The van der Waals surface area contributed by atoms with E-state index in [0.29, 0.717) is 35.2 Å². The molecule has 0 saturated carbocycles. The van der Waals surface area contributed by atoms with Crippen LogP contribution in [0.15, 0.2) is 53.3 Å². The van der Waals surface area contributed by atoms with Gasteiger partial charge in [-0.15, -0.1) is 0 Å². The largest absolute Gasteiger partial charge is 0.497 e.